The van der Waals surface area contributed by atoms with Crippen molar-refractivity contribution in [3.05, 3.63) is 58.1 Å². The Morgan fingerprint density at radius 1 is 0.757 bits per heavy atom. The first-order valence-corrected chi connectivity index (χ1v) is 16.3. The Morgan fingerprint density at radius 2 is 1.16 bits per heavy atom. The van der Waals surface area contributed by atoms with E-state index in [-0.39, 0.29) is 16.2 Å². The van der Waals surface area contributed by atoms with Crippen LogP contribution in [0.4, 0.5) is 5.69 Å². The van der Waals surface area contributed by atoms with E-state index in [1.807, 2.05) is 0 Å². The van der Waals surface area contributed by atoms with Gasteiger partial charge in [-0.3, -0.25) is 0 Å². The van der Waals surface area contributed by atoms with Crippen molar-refractivity contribution in [1.29, 1.82) is 0 Å². The van der Waals surface area contributed by atoms with Gasteiger partial charge in [-0.1, -0.05) is 92.6 Å². The molecular weight excluding hydrogens is 493 g/mol. The molecule has 3 N–H and O–H groups in total. The van der Waals surface area contributed by atoms with Crippen molar-refractivity contribution in [2.24, 2.45) is 0 Å². The highest BCUT2D eigenvalue weighted by atomic mass is 32.4. The molecule has 0 spiro atoms. The first kappa shape index (κ1) is 32.0. The fourth-order valence-corrected chi connectivity index (χ4v) is 7.75. The molecule has 2 aromatic carbocycles. The molecule has 0 bridgehead atoms. The van der Waals surface area contributed by atoms with E-state index in [2.05, 4.69) is 126 Å². The zero-order chi connectivity index (χ0) is 28.6. The molecule has 0 radical (unpaired) electrons. The topological polar surface area (TPSA) is 30.1 Å². The van der Waals surface area contributed by atoms with E-state index < -0.39 is 6.42 Å². The van der Waals surface area contributed by atoms with Crippen molar-refractivity contribution < 1.29 is 14.3 Å². The van der Waals surface area contributed by atoms with Crippen LogP contribution in [0.1, 0.15) is 90.1 Å². The minimum atomic E-state index is -2.65. The summed E-state index contributed by atoms with van der Waals surface area (Å²) in [5.41, 5.74) is 7.55. The maximum absolute atomic E-state index is 6.56. The molecule has 37 heavy (non-hydrogen) atoms. The Labute approximate surface area is 233 Å². The molecule has 0 aliphatic rings. The summed E-state index contributed by atoms with van der Waals surface area (Å²) >= 11 is 6.56. The molecule has 4 nitrogen and oxygen atoms in total. The average Bonchev–Trinajstić information content (AvgIpc) is 2.70. The van der Waals surface area contributed by atoms with Gasteiger partial charge in [0.25, 0.3) is 0 Å². The number of hydrogen-bond acceptors (Lipinski definition) is 2. The summed E-state index contributed by atoms with van der Waals surface area (Å²) in [6.07, 6.45) is -2.65. The predicted molar refractivity (Wildman–Crippen MR) is 167 cm³/mol. The van der Waals surface area contributed by atoms with Gasteiger partial charge in [0.05, 0.1) is 28.2 Å². The van der Waals surface area contributed by atoms with Crippen LogP contribution in [-0.2, 0) is 45.7 Å². The number of benzene rings is 2. The molecule has 208 valence electrons. The lowest BCUT2D eigenvalue weighted by atomic mass is 9.74. The van der Waals surface area contributed by atoms with Gasteiger partial charge in [0.2, 0.25) is 0 Å². The summed E-state index contributed by atoms with van der Waals surface area (Å²) in [6.45, 7) is 22.5. The second-order valence-corrected chi connectivity index (χ2v) is 17.9. The number of anilines is 1. The van der Waals surface area contributed by atoms with Gasteiger partial charge < -0.3 is 19.4 Å². The molecular formula is C31H54N3OPS+2. The van der Waals surface area contributed by atoms with Crippen molar-refractivity contribution in [2.75, 3.05) is 40.4 Å². The van der Waals surface area contributed by atoms with Crippen LogP contribution in [0.15, 0.2) is 30.3 Å². The molecule has 0 saturated carbocycles. The lowest BCUT2D eigenvalue weighted by Gasteiger charge is -2.36. The maximum atomic E-state index is 6.56. The van der Waals surface area contributed by atoms with Gasteiger partial charge in [-0.2, -0.15) is 0 Å². The normalized spacial score (nSPS) is 14.8. The Hall–Kier alpha value is -1.23. The van der Waals surface area contributed by atoms with Gasteiger partial charge in [-0.25, -0.2) is 0 Å². The van der Waals surface area contributed by atoms with Gasteiger partial charge in [0.1, 0.15) is 13.1 Å². The Bertz CT molecular complexity index is 1070. The number of hydrogen-bond donors (Lipinski definition) is 3. The zero-order valence-corrected chi connectivity index (χ0v) is 27.8. The van der Waals surface area contributed by atoms with Crippen LogP contribution in [0.2, 0.25) is 0 Å². The fourth-order valence-electron chi connectivity index (χ4n) is 4.79. The molecule has 2 rings (SSSR count). The first-order valence-electron chi connectivity index (χ1n) is 13.5. The fraction of sp³-hybridized carbons (Fsp3) is 0.613. The maximum Gasteiger partial charge on any atom is 0.184 e. The van der Waals surface area contributed by atoms with E-state index in [9.17, 15) is 0 Å². The third kappa shape index (κ3) is 7.90. The summed E-state index contributed by atoms with van der Waals surface area (Å²) in [6, 6.07) is 11.4. The summed E-state index contributed by atoms with van der Waals surface area (Å²) < 4.78 is 6.40. The van der Waals surface area contributed by atoms with Gasteiger partial charge in [-0.05, 0) is 44.7 Å². The smallest absolute Gasteiger partial charge is 0.184 e. The third-order valence-electron chi connectivity index (χ3n) is 6.72. The van der Waals surface area contributed by atoms with Crippen molar-refractivity contribution in [3.63, 3.8) is 0 Å². The minimum absolute atomic E-state index is 0.0444. The van der Waals surface area contributed by atoms with Crippen molar-refractivity contribution in [2.45, 2.75) is 91.6 Å². The number of quaternary nitrogens is 2. The van der Waals surface area contributed by atoms with Crippen molar-refractivity contribution in [3.8, 4) is 0 Å². The van der Waals surface area contributed by atoms with Crippen LogP contribution < -0.4 is 20.2 Å². The van der Waals surface area contributed by atoms with E-state index >= 15 is 0 Å². The van der Waals surface area contributed by atoms with Gasteiger partial charge in [-0.15, -0.1) is 0 Å². The Morgan fingerprint density at radius 3 is 1.46 bits per heavy atom. The molecule has 0 aliphatic carbocycles. The van der Waals surface area contributed by atoms with Gasteiger partial charge in [0.15, 0.2) is 6.42 Å². The predicted octanol–water partition coefficient (Wildman–Crippen LogP) is 4.56. The molecule has 0 amide bonds. The molecule has 0 aliphatic heterocycles. The van der Waals surface area contributed by atoms with Crippen LogP contribution in [-0.4, -0.2) is 35.3 Å². The first-order chi connectivity index (χ1) is 16.7. The monoisotopic (exact) mass is 547 g/mol. The second-order valence-electron chi connectivity index (χ2n) is 14.2. The SMILES string of the molecule is CO[P@@](=S)(Nc1c(C(C)(C)C)cc(C(C)(C)C)cc1C(C)(C)C)c1c(C[NH+](C)C)cccc1C[NH+](C)C. The lowest BCUT2D eigenvalue weighted by Crippen LogP contribution is -3.04. The van der Waals surface area contributed by atoms with E-state index in [1.165, 1.54) is 42.9 Å². The molecule has 1 atom stereocenters. The molecule has 6 heteroatoms. The van der Waals surface area contributed by atoms with E-state index in [0.717, 1.165) is 18.8 Å². The summed E-state index contributed by atoms with van der Waals surface area (Å²) in [5.74, 6) is 0. The summed E-state index contributed by atoms with van der Waals surface area (Å²) in [7, 11) is 10.6. The largest absolute Gasteiger partial charge is 0.336 e. The molecule has 0 fully saturated rings. The lowest BCUT2D eigenvalue weighted by molar-refractivity contribution is -0.873. The molecule has 0 unspecified atom stereocenters. The van der Waals surface area contributed by atoms with E-state index in [0.29, 0.717) is 0 Å². The van der Waals surface area contributed by atoms with Crippen LogP contribution in [0, 0.1) is 0 Å². The highest BCUT2D eigenvalue weighted by Crippen LogP contribution is 2.52. The Kier molecular flexibility index (Phi) is 9.92. The Balaban J connectivity index is 2.95. The highest BCUT2D eigenvalue weighted by Gasteiger charge is 2.34. The molecule has 2 aromatic rings. The van der Waals surface area contributed by atoms with Gasteiger partial charge in [0, 0.05) is 29.2 Å². The van der Waals surface area contributed by atoms with Crippen LogP contribution >= 0.6 is 6.42 Å². The summed E-state index contributed by atoms with van der Waals surface area (Å²) in [5, 5.41) is 5.15. The van der Waals surface area contributed by atoms with E-state index in [1.54, 1.807) is 7.11 Å². The standard InChI is InChI=1S/C31H52N3OPS/c1-29(2,3)24-18-25(30(4,5)6)27(26(19-24)31(7,8)9)32-36(37,35-14)28-22(20-33(10)11)16-15-17-23(28)21-34(12)13/h15-19H,20-21H2,1-14H3,(H,32,37)/p+2/t36-/m0/s1. The molecule has 0 aromatic heterocycles. The minimum Gasteiger partial charge on any atom is -0.336 e. The van der Waals surface area contributed by atoms with Crippen LogP contribution in [0.5, 0.6) is 0 Å². The van der Waals surface area contributed by atoms with Crippen molar-refractivity contribution >= 4 is 29.2 Å². The van der Waals surface area contributed by atoms with Crippen molar-refractivity contribution in [1.82, 2.24) is 0 Å². The van der Waals surface area contributed by atoms with E-state index in [4.69, 9.17) is 16.3 Å². The quantitative estimate of drug-likeness (QED) is 0.424. The summed E-state index contributed by atoms with van der Waals surface area (Å²) in [4.78, 5) is 2.74. The highest BCUT2D eigenvalue weighted by molar-refractivity contribution is 8.16. The molecule has 0 heterocycles. The average molecular weight is 548 g/mol. The van der Waals surface area contributed by atoms with Crippen LogP contribution in [0.3, 0.4) is 0 Å². The molecule has 0 saturated heterocycles. The third-order valence-corrected chi connectivity index (χ3v) is 10.2. The number of rotatable bonds is 8. The second kappa shape index (κ2) is 11.5. The number of nitrogens with one attached hydrogen (secondary N) is 3. The van der Waals surface area contributed by atoms with Crippen LogP contribution in [0.25, 0.3) is 0 Å². The van der Waals surface area contributed by atoms with Gasteiger partial charge >= 0.3 is 0 Å². The zero-order valence-electron chi connectivity index (χ0n) is 26.1.